The van der Waals surface area contributed by atoms with Crippen LogP contribution in [0.3, 0.4) is 0 Å². The third kappa shape index (κ3) is 6.22. The van der Waals surface area contributed by atoms with Crippen molar-refractivity contribution in [1.82, 2.24) is 10.2 Å². The Morgan fingerprint density at radius 1 is 1.26 bits per heavy atom. The van der Waals surface area contributed by atoms with E-state index in [9.17, 15) is 4.79 Å². The third-order valence-electron chi connectivity index (χ3n) is 4.63. The predicted molar refractivity (Wildman–Crippen MR) is 93.7 cm³/mol. The van der Waals surface area contributed by atoms with E-state index in [4.69, 9.17) is 4.74 Å². The minimum absolute atomic E-state index is 0.126. The van der Waals surface area contributed by atoms with Gasteiger partial charge in [0.05, 0.1) is 6.54 Å². The van der Waals surface area contributed by atoms with Gasteiger partial charge in [-0.15, -0.1) is 0 Å². The molecule has 0 spiro atoms. The lowest BCUT2D eigenvalue weighted by Gasteiger charge is -2.30. The fourth-order valence-electron chi connectivity index (χ4n) is 3.06. The number of carbonyl (C=O) groups is 1. The van der Waals surface area contributed by atoms with Crippen molar-refractivity contribution in [2.75, 3.05) is 26.7 Å². The molecule has 1 saturated carbocycles. The smallest absolute Gasteiger partial charge is 0.234 e. The van der Waals surface area contributed by atoms with Crippen LogP contribution >= 0.6 is 0 Å². The number of rotatable bonds is 7. The zero-order valence-corrected chi connectivity index (χ0v) is 14.7. The van der Waals surface area contributed by atoms with Crippen molar-refractivity contribution < 1.29 is 9.53 Å². The average molecular weight is 318 g/mol. The maximum Gasteiger partial charge on any atom is 0.234 e. The van der Waals surface area contributed by atoms with Crippen molar-refractivity contribution in [1.29, 1.82) is 0 Å². The summed E-state index contributed by atoms with van der Waals surface area (Å²) in [5.74, 6) is 1.61. The highest BCUT2D eigenvalue weighted by Crippen LogP contribution is 2.23. The molecular weight excluding hydrogens is 288 g/mol. The van der Waals surface area contributed by atoms with Crippen LogP contribution in [0.25, 0.3) is 0 Å². The highest BCUT2D eigenvalue weighted by Gasteiger charge is 2.22. The Morgan fingerprint density at radius 3 is 2.65 bits per heavy atom. The van der Waals surface area contributed by atoms with Gasteiger partial charge in [0.25, 0.3) is 0 Å². The van der Waals surface area contributed by atoms with Gasteiger partial charge in [-0.3, -0.25) is 9.69 Å². The SMILES string of the molecule is Cc1ccc(OCCN(C)CC(=O)NC2CCCCC2C)cc1. The molecule has 0 aliphatic heterocycles. The number of nitrogens with zero attached hydrogens (tertiary/aromatic N) is 1. The molecule has 4 nitrogen and oxygen atoms in total. The molecule has 2 atom stereocenters. The van der Waals surface area contributed by atoms with Gasteiger partial charge in [0.2, 0.25) is 5.91 Å². The molecule has 2 rings (SSSR count). The number of hydrogen-bond donors (Lipinski definition) is 1. The zero-order valence-electron chi connectivity index (χ0n) is 14.7. The van der Waals surface area contributed by atoms with Crippen molar-refractivity contribution in [3.63, 3.8) is 0 Å². The van der Waals surface area contributed by atoms with E-state index in [0.29, 0.717) is 25.1 Å². The van der Waals surface area contributed by atoms with Crippen LogP contribution < -0.4 is 10.1 Å². The summed E-state index contributed by atoms with van der Waals surface area (Å²) in [4.78, 5) is 14.2. The molecule has 1 amide bonds. The minimum atomic E-state index is 0.126. The van der Waals surface area contributed by atoms with Gasteiger partial charge in [-0.1, -0.05) is 37.5 Å². The summed E-state index contributed by atoms with van der Waals surface area (Å²) in [6.45, 7) is 6.06. The van der Waals surface area contributed by atoms with E-state index >= 15 is 0 Å². The van der Waals surface area contributed by atoms with Gasteiger partial charge in [-0.05, 0) is 44.9 Å². The number of benzene rings is 1. The van der Waals surface area contributed by atoms with Crippen LogP contribution in [0.1, 0.15) is 38.2 Å². The molecular formula is C19H30N2O2. The third-order valence-corrected chi connectivity index (χ3v) is 4.63. The number of nitrogens with one attached hydrogen (secondary N) is 1. The molecule has 0 saturated heterocycles. The van der Waals surface area contributed by atoms with E-state index < -0.39 is 0 Å². The number of likely N-dealkylation sites (N-methyl/N-ethyl adjacent to an activating group) is 1. The van der Waals surface area contributed by atoms with E-state index in [2.05, 4.69) is 19.2 Å². The second-order valence-electron chi connectivity index (χ2n) is 6.84. The van der Waals surface area contributed by atoms with Crippen LogP contribution in [0, 0.1) is 12.8 Å². The van der Waals surface area contributed by atoms with E-state index in [1.54, 1.807) is 0 Å². The Labute approximate surface area is 140 Å². The van der Waals surface area contributed by atoms with Gasteiger partial charge in [0.1, 0.15) is 12.4 Å². The van der Waals surface area contributed by atoms with Crippen LogP contribution in [-0.4, -0.2) is 43.6 Å². The monoisotopic (exact) mass is 318 g/mol. The number of ether oxygens (including phenoxy) is 1. The predicted octanol–water partition coefficient (Wildman–Crippen LogP) is 3.00. The van der Waals surface area contributed by atoms with Gasteiger partial charge in [0, 0.05) is 12.6 Å². The lowest BCUT2D eigenvalue weighted by molar-refractivity contribution is -0.123. The Kier molecular flexibility index (Phi) is 6.90. The second-order valence-corrected chi connectivity index (χ2v) is 6.84. The van der Waals surface area contributed by atoms with Gasteiger partial charge in [-0.25, -0.2) is 0 Å². The first-order chi connectivity index (χ1) is 11.0. The highest BCUT2D eigenvalue weighted by atomic mass is 16.5. The van der Waals surface area contributed by atoms with Crippen molar-refractivity contribution in [2.24, 2.45) is 5.92 Å². The van der Waals surface area contributed by atoms with Crippen molar-refractivity contribution >= 4 is 5.91 Å². The van der Waals surface area contributed by atoms with Crippen LogP contribution in [0.4, 0.5) is 0 Å². The van der Waals surface area contributed by atoms with Crippen LogP contribution in [0.5, 0.6) is 5.75 Å². The number of carbonyl (C=O) groups excluding carboxylic acids is 1. The Balaban J connectivity index is 1.64. The summed E-state index contributed by atoms with van der Waals surface area (Å²) in [5.41, 5.74) is 1.23. The fourth-order valence-corrected chi connectivity index (χ4v) is 3.06. The molecule has 0 bridgehead atoms. The molecule has 1 aliphatic rings. The first-order valence-electron chi connectivity index (χ1n) is 8.72. The summed E-state index contributed by atoms with van der Waals surface area (Å²) in [5, 5.41) is 3.19. The van der Waals surface area contributed by atoms with Gasteiger partial charge in [0.15, 0.2) is 0 Å². The van der Waals surface area contributed by atoms with Gasteiger partial charge >= 0.3 is 0 Å². The number of hydrogen-bond acceptors (Lipinski definition) is 3. The normalized spacial score (nSPS) is 21.2. The minimum Gasteiger partial charge on any atom is -0.492 e. The molecule has 128 valence electrons. The van der Waals surface area contributed by atoms with E-state index in [-0.39, 0.29) is 5.91 Å². The molecule has 1 aromatic carbocycles. The van der Waals surface area contributed by atoms with E-state index in [1.165, 1.54) is 24.8 Å². The lowest BCUT2D eigenvalue weighted by atomic mass is 9.86. The Bertz CT molecular complexity index is 487. The molecule has 2 unspecified atom stereocenters. The largest absolute Gasteiger partial charge is 0.492 e. The maximum atomic E-state index is 12.1. The second kappa shape index (κ2) is 8.92. The summed E-state index contributed by atoms with van der Waals surface area (Å²) in [7, 11) is 1.96. The molecule has 1 fully saturated rings. The lowest BCUT2D eigenvalue weighted by Crippen LogP contribution is -2.45. The first-order valence-corrected chi connectivity index (χ1v) is 8.72. The molecule has 4 heteroatoms. The van der Waals surface area contributed by atoms with Crippen molar-refractivity contribution in [2.45, 2.75) is 45.6 Å². The standard InChI is InChI=1S/C19H30N2O2/c1-15-8-10-17(11-9-15)23-13-12-21(3)14-19(22)20-18-7-5-4-6-16(18)2/h8-11,16,18H,4-7,12-14H2,1-3H3,(H,20,22). The van der Waals surface area contributed by atoms with E-state index in [0.717, 1.165) is 18.7 Å². The topological polar surface area (TPSA) is 41.6 Å². The van der Waals surface area contributed by atoms with Gasteiger partial charge in [-0.2, -0.15) is 0 Å². The zero-order chi connectivity index (χ0) is 16.7. The summed E-state index contributed by atoms with van der Waals surface area (Å²) in [6, 6.07) is 8.39. The molecule has 1 N–H and O–H groups in total. The molecule has 0 aromatic heterocycles. The Morgan fingerprint density at radius 2 is 1.96 bits per heavy atom. The highest BCUT2D eigenvalue weighted by molar-refractivity contribution is 5.78. The molecule has 1 aliphatic carbocycles. The van der Waals surface area contributed by atoms with Crippen LogP contribution in [-0.2, 0) is 4.79 Å². The molecule has 23 heavy (non-hydrogen) atoms. The van der Waals surface area contributed by atoms with Gasteiger partial charge < -0.3 is 10.1 Å². The van der Waals surface area contributed by atoms with Crippen molar-refractivity contribution in [3.8, 4) is 5.75 Å². The van der Waals surface area contributed by atoms with Crippen LogP contribution in [0.2, 0.25) is 0 Å². The Hall–Kier alpha value is -1.55. The fraction of sp³-hybridized carbons (Fsp3) is 0.632. The first kappa shape index (κ1) is 17.8. The number of aryl methyl sites for hydroxylation is 1. The molecule has 0 heterocycles. The summed E-state index contributed by atoms with van der Waals surface area (Å²) >= 11 is 0. The summed E-state index contributed by atoms with van der Waals surface area (Å²) in [6.07, 6.45) is 4.87. The molecule has 0 radical (unpaired) electrons. The molecule has 1 aromatic rings. The summed E-state index contributed by atoms with van der Waals surface area (Å²) < 4.78 is 5.71. The van der Waals surface area contributed by atoms with Crippen LogP contribution in [0.15, 0.2) is 24.3 Å². The maximum absolute atomic E-state index is 12.1. The van der Waals surface area contributed by atoms with E-state index in [1.807, 2.05) is 36.2 Å². The van der Waals surface area contributed by atoms with Crippen molar-refractivity contribution in [3.05, 3.63) is 29.8 Å². The quantitative estimate of drug-likeness (QED) is 0.840. The average Bonchev–Trinajstić information content (AvgIpc) is 2.51. The number of amides is 1.